The fourth-order valence-corrected chi connectivity index (χ4v) is 3.14. The van der Waals surface area contributed by atoms with Crippen molar-refractivity contribution in [1.82, 2.24) is 14.8 Å². The molecule has 1 fully saturated rings. The van der Waals surface area contributed by atoms with Gasteiger partial charge in [0.25, 0.3) is 0 Å². The van der Waals surface area contributed by atoms with Gasteiger partial charge in [-0.3, -0.25) is 9.80 Å². The second-order valence-corrected chi connectivity index (χ2v) is 6.06. The van der Waals surface area contributed by atoms with Crippen LogP contribution in [-0.2, 0) is 6.54 Å². The Labute approximate surface area is 129 Å². The van der Waals surface area contributed by atoms with Gasteiger partial charge in [-0.2, -0.15) is 0 Å². The summed E-state index contributed by atoms with van der Waals surface area (Å²) in [6.07, 6.45) is 3.81. The fraction of sp³-hybridized carbons (Fsp3) is 0.706. The van der Waals surface area contributed by atoms with Crippen LogP contribution in [0.3, 0.4) is 0 Å². The van der Waals surface area contributed by atoms with Crippen LogP contribution in [0.15, 0.2) is 18.2 Å². The first-order valence-corrected chi connectivity index (χ1v) is 8.35. The van der Waals surface area contributed by atoms with Crippen molar-refractivity contribution in [1.29, 1.82) is 0 Å². The molecule has 1 N–H and O–H groups in total. The molecule has 2 heterocycles. The van der Waals surface area contributed by atoms with E-state index in [0.717, 1.165) is 43.6 Å². The normalized spacial score (nSPS) is 19.3. The van der Waals surface area contributed by atoms with Gasteiger partial charge in [-0.1, -0.05) is 19.9 Å². The molecule has 0 aromatic carbocycles. The molecule has 0 aliphatic carbocycles. The summed E-state index contributed by atoms with van der Waals surface area (Å²) < 4.78 is 0. The molecule has 1 aliphatic heterocycles. The summed E-state index contributed by atoms with van der Waals surface area (Å²) in [5.74, 6) is 0.999. The standard InChI is InChI=1S/C17H30N4/c1-4-11-18-17-10-6-8-15(19-17)13-20(3)14-16-9-7-12-21(16)5-2/h6,8,10,16H,4-5,7,9,11-14H2,1-3H3,(H,18,19). The van der Waals surface area contributed by atoms with Crippen molar-refractivity contribution < 1.29 is 0 Å². The van der Waals surface area contributed by atoms with Crippen LogP contribution in [-0.4, -0.2) is 54.1 Å². The molecule has 0 amide bonds. The van der Waals surface area contributed by atoms with Gasteiger partial charge in [-0.15, -0.1) is 0 Å². The SMILES string of the molecule is CCCNc1cccc(CN(C)CC2CCCN2CC)n1. The number of hydrogen-bond donors (Lipinski definition) is 1. The highest BCUT2D eigenvalue weighted by molar-refractivity contribution is 5.35. The van der Waals surface area contributed by atoms with Crippen LogP contribution < -0.4 is 5.32 Å². The van der Waals surface area contributed by atoms with E-state index >= 15 is 0 Å². The van der Waals surface area contributed by atoms with Gasteiger partial charge in [-0.25, -0.2) is 4.98 Å². The van der Waals surface area contributed by atoms with Crippen LogP contribution >= 0.6 is 0 Å². The number of pyridine rings is 1. The first-order chi connectivity index (χ1) is 10.2. The summed E-state index contributed by atoms with van der Waals surface area (Å²) in [5.41, 5.74) is 1.15. The average Bonchev–Trinajstić information content (AvgIpc) is 2.92. The van der Waals surface area contributed by atoms with Crippen molar-refractivity contribution in [3.05, 3.63) is 23.9 Å². The molecule has 1 atom stereocenters. The van der Waals surface area contributed by atoms with E-state index < -0.39 is 0 Å². The monoisotopic (exact) mass is 290 g/mol. The summed E-state index contributed by atoms with van der Waals surface area (Å²) in [5, 5.41) is 3.36. The predicted molar refractivity (Wildman–Crippen MR) is 89.6 cm³/mol. The van der Waals surface area contributed by atoms with Gasteiger partial charge in [0.15, 0.2) is 0 Å². The van der Waals surface area contributed by atoms with Gasteiger partial charge in [0.1, 0.15) is 5.82 Å². The minimum atomic E-state index is 0.724. The molecule has 1 aliphatic rings. The number of hydrogen-bond acceptors (Lipinski definition) is 4. The number of likely N-dealkylation sites (tertiary alicyclic amines) is 1. The maximum Gasteiger partial charge on any atom is 0.126 e. The van der Waals surface area contributed by atoms with Crippen LogP contribution in [0.4, 0.5) is 5.82 Å². The first-order valence-electron chi connectivity index (χ1n) is 8.35. The Balaban J connectivity index is 1.85. The second kappa shape index (κ2) is 8.35. The molecule has 0 saturated carbocycles. The lowest BCUT2D eigenvalue weighted by molar-refractivity contribution is 0.194. The average molecular weight is 290 g/mol. The molecule has 1 aromatic rings. The predicted octanol–water partition coefficient (Wildman–Crippen LogP) is 2.82. The Kier molecular flexibility index (Phi) is 6.46. The van der Waals surface area contributed by atoms with E-state index in [4.69, 9.17) is 4.98 Å². The number of rotatable bonds is 8. The number of nitrogens with one attached hydrogen (secondary N) is 1. The first kappa shape index (κ1) is 16.2. The highest BCUT2D eigenvalue weighted by Gasteiger charge is 2.23. The number of likely N-dealkylation sites (N-methyl/N-ethyl adjacent to an activating group) is 2. The summed E-state index contributed by atoms with van der Waals surface area (Å²) in [6, 6.07) is 7.00. The highest BCUT2D eigenvalue weighted by Crippen LogP contribution is 2.18. The lowest BCUT2D eigenvalue weighted by Gasteiger charge is -2.27. The van der Waals surface area contributed by atoms with Gasteiger partial charge in [0.05, 0.1) is 5.69 Å². The maximum atomic E-state index is 4.70. The van der Waals surface area contributed by atoms with Gasteiger partial charge < -0.3 is 5.32 Å². The smallest absolute Gasteiger partial charge is 0.126 e. The Bertz CT molecular complexity index is 421. The van der Waals surface area contributed by atoms with Gasteiger partial charge in [0, 0.05) is 25.7 Å². The molecule has 1 unspecified atom stereocenters. The highest BCUT2D eigenvalue weighted by atomic mass is 15.2. The molecule has 0 radical (unpaired) electrons. The van der Waals surface area contributed by atoms with E-state index in [1.165, 1.54) is 25.9 Å². The third kappa shape index (κ3) is 4.97. The number of aromatic nitrogens is 1. The van der Waals surface area contributed by atoms with Crippen molar-refractivity contribution >= 4 is 5.82 Å². The van der Waals surface area contributed by atoms with E-state index in [1.54, 1.807) is 0 Å². The topological polar surface area (TPSA) is 31.4 Å². The van der Waals surface area contributed by atoms with Crippen molar-refractivity contribution in [2.75, 3.05) is 38.5 Å². The van der Waals surface area contributed by atoms with Gasteiger partial charge >= 0.3 is 0 Å². The fourth-order valence-electron chi connectivity index (χ4n) is 3.14. The van der Waals surface area contributed by atoms with E-state index in [-0.39, 0.29) is 0 Å². The molecule has 118 valence electrons. The zero-order valence-corrected chi connectivity index (χ0v) is 13.8. The third-order valence-electron chi connectivity index (χ3n) is 4.22. The molecule has 4 nitrogen and oxygen atoms in total. The Morgan fingerprint density at radius 1 is 1.38 bits per heavy atom. The van der Waals surface area contributed by atoms with Crippen LogP contribution in [0.2, 0.25) is 0 Å². The summed E-state index contributed by atoms with van der Waals surface area (Å²) in [4.78, 5) is 9.71. The summed E-state index contributed by atoms with van der Waals surface area (Å²) in [7, 11) is 2.21. The maximum absolute atomic E-state index is 4.70. The Hall–Kier alpha value is -1.13. The molecule has 0 bridgehead atoms. The largest absolute Gasteiger partial charge is 0.370 e. The zero-order valence-electron chi connectivity index (χ0n) is 13.8. The minimum absolute atomic E-state index is 0.724. The number of anilines is 1. The van der Waals surface area contributed by atoms with E-state index in [9.17, 15) is 0 Å². The van der Waals surface area contributed by atoms with Crippen LogP contribution in [0.25, 0.3) is 0 Å². The molecular weight excluding hydrogens is 260 g/mol. The molecule has 1 aromatic heterocycles. The molecule has 4 heteroatoms. The quantitative estimate of drug-likeness (QED) is 0.798. The molecule has 0 spiro atoms. The number of nitrogens with zero attached hydrogens (tertiary/aromatic N) is 3. The van der Waals surface area contributed by atoms with Gasteiger partial charge in [-0.05, 0) is 51.5 Å². The van der Waals surface area contributed by atoms with Crippen LogP contribution in [0, 0.1) is 0 Å². The second-order valence-electron chi connectivity index (χ2n) is 6.06. The zero-order chi connectivity index (χ0) is 15.1. The van der Waals surface area contributed by atoms with Crippen molar-refractivity contribution in [2.45, 2.75) is 45.7 Å². The molecule has 21 heavy (non-hydrogen) atoms. The Morgan fingerprint density at radius 2 is 2.24 bits per heavy atom. The van der Waals surface area contributed by atoms with E-state index in [1.807, 2.05) is 0 Å². The van der Waals surface area contributed by atoms with E-state index in [2.05, 4.69) is 54.2 Å². The molecular formula is C17H30N4. The van der Waals surface area contributed by atoms with Crippen molar-refractivity contribution in [3.63, 3.8) is 0 Å². The third-order valence-corrected chi connectivity index (χ3v) is 4.22. The van der Waals surface area contributed by atoms with E-state index in [0.29, 0.717) is 0 Å². The minimum Gasteiger partial charge on any atom is -0.370 e. The van der Waals surface area contributed by atoms with Crippen LogP contribution in [0.5, 0.6) is 0 Å². The molecule has 2 rings (SSSR count). The Morgan fingerprint density at radius 3 is 3.00 bits per heavy atom. The summed E-state index contributed by atoms with van der Waals surface area (Å²) >= 11 is 0. The van der Waals surface area contributed by atoms with Gasteiger partial charge in [0.2, 0.25) is 0 Å². The summed E-state index contributed by atoms with van der Waals surface area (Å²) in [6.45, 7) is 9.93. The molecule has 1 saturated heterocycles. The lowest BCUT2D eigenvalue weighted by Crippen LogP contribution is -2.38. The van der Waals surface area contributed by atoms with Crippen LogP contribution in [0.1, 0.15) is 38.8 Å². The van der Waals surface area contributed by atoms with Crippen molar-refractivity contribution in [3.8, 4) is 0 Å². The lowest BCUT2D eigenvalue weighted by atomic mass is 10.2. The van der Waals surface area contributed by atoms with Crippen molar-refractivity contribution in [2.24, 2.45) is 0 Å².